The van der Waals surface area contributed by atoms with Crippen LogP contribution in [0.15, 0.2) is 23.0 Å². The molecule has 0 aliphatic heterocycles. The van der Waals surface area contributed by atoms with E-state index < -0.39 is 0 Å². The fraction of sp³-hybridized carbons (Fsp3) is 0.500. The molecule has 0 spiro atoms. The molecule has 0 amide bonds. The van der Waals surface area contributed by atoms with Gasteiger partial charge in [-0.2, -0.15) is 0 Å². The average Bonchev–Trinajstić information content (AvgIpc) is 2.56. The molecule has 3 nitrogen and oxygen atoms in total. The second kappa shape index (κ2) is 4.23. The molecular formula is C10H15NO2. The number of nitrogens with two attached hydrogens (primary N) is 1. The van der Waals surface area contributed by atoms with Crippen molar-refractivity contribution in [3.05, 3.63) is 24.2 Å². The van der Waals surface area contributed by atoms with E-state index >= 15 is 0 Å². The molecule has 1 aromatic heterocycles. The average molecular weight is 181 g/mol. The third kappa shape index (κ3) is 2.18. The number of ketones is 1. The Bertz CT molecular complexity index is 264. The number of rotatable bonds is 4. The van der Waals surface area contributed by atoms with Crippen molar-refractivity contribution in [3.63, 3.8) is 0 Å². The van der Waals surface area contributed by atoms with Gasteiger partial charge in [0.05, 0.1) is 11.8 Å². The summed E-state index contributed by atoms with van der Waals surface area (Å²) in [6.45, 7) is 4.38. The molecule has 0 saturated heterocycles. The van der Waals surface area contributed by atoms with Gasteiger partial charge in [0, 0.05) is 12.5 Å². The normalized spacial score (nSPS) is 13.2. The van der Waals surface area contributed by atoms with E-state index in [0.717, 1.165) is 0 Å². The Balaban J connectivity index is 2.77. The first-order valence-electron chi connectivity index (χ1n) is 4.43. The topological polar surface area (TPSA) is 56.2 Å². The lowest BCUT2D eigenvalue weighted by atomic mass is 9.89. The van der Waals surface area contributed by atoms with Crippen molar-refractivity contribution in [1.29, 1.82) is 0 Å². The van der Waals surface area contributed by atoms with Gasteiger partial charge in [-0.05, 0) is 12.0 Å². The summed E-state index contributed by atoms with van der Waals surface area (Å²) in [6, 6.07) is 1.67. The van der Waals surface area contributed by atoms with Crippen LogP contribution in [0.3, 0.4) is 0 Å². The van der Waals surface area contributed by atoms with E-state index in [4.69, 9.17) is 10.2 Å². The summed E-state index contributed by atoms with van der Waals surface area (Å²) < 4.78 is 4.85. The number of furan rings is 1. The Kier molecular flexibility index (Phi) is 3.25. The van der Waals surface area contributed by atoms with E-state index in [1.165, 1.54) is 12.5 Å². The first-order chi connectivity index (χ1) is 6.16. The highest BCUT2D eigenvalue weighted by atomic mass is 16.3. The minimum absolute atomic E-state index is 0.0752. The van der Waals surface area contributed by atoms with E-state index in [1.54, 1.807) is 6.07 Å². The lowest BCUT2D eigenvalue weighted by Gasteiger charge is -2.15. The van der Waals surface area contributed by atoms with E-state index in [0.29, 0.717) is 12.1 Å². The molecule has 0 saturated carbocycles. The van der Waals surface area contributed by atoms with Crippen LogP contribution in [-0.2, 0) is 0 Å². The second-order valence-corrected chi connectivity index (χ2v) is 3.46. The molecule has 0 aliphatic rings. The van der Waals surface area contributed by atoms with Gasteiger partial charge in [-0.3, -0.25) is 4.79 Å². The zero-order chi connectivity index (χ0) is 9.84. The van der Waals surface area contributed by atoms with Gasteiger partial charge in [0.1, 0.15) is 6.26 Å². The lowest BCUT2D eigenvalue weighted by molar-refractivity contribution is 0.0891. The zero-order valence-electron chi connectivity index (χ0n) is 7.99. The maximum atomic E-state index is 11.7. The van der Waals surface area contributed by atoms with Gasteiger partial charge in [-0.1, -0.05) is 13.8 Å². The molecule has 1 unspecified atom stereocenters. The Hall–Kier alpha value is -1.09. The third-order valence-corrected chi connectivity index (χ3v) is 2.20. The highest BCUT2D eigenvalue weighted by Crippen LogP contribution is 2.16. The SMILES string of the molecule is CC(C)C(CN)C(=O)c1ccoc1. The van der Waals surface area contributed by atoms with Gasteiger partial charge in [0.2, 0.25) is 0 Å². The van der Waals surface area contributed by atoms with Gasteiger partial charge in [0.25, 0.3) is 0 Å². The van der Waals surface area contributed by atoms with Crippen molar-refractivity contribution in [1.82, 2.24) is 0 Å². The molecule has 0 bridgehead atoms. The molecule has 2 N–H and O–H groups in total. The molecule has 72 valence electrons. The molecule has 1 atom stereocenters. The predicted molar refractivity (Wildman–Crippen MR) is 50.4 cm³/mol. The van der Waals surface area contributed by atoms with Gasteiger partial charge in [0.15, 0.2) is 5.78 Å². The van der Waals surface area contributed by atoms with Crippen LogP contribution >= 0.6 is 0 Å². The fourth-order valence-corrected chi connectivity index (χ4v) is 1.30. The number of hydrogen-bond acceptors (Lipinski definition) is 3. The number of carbonyl (C=O) groups excluding carboxylic acids is 1. The first kappa shape index (κ1) is 9.99. The lowest BCUT2D eigenvalue weighted by Crippen LogP contribution is -2.28. The molecule has 1 heterocycles. The van der Waals surface area contributed by atoms with Crippen molar-refractivity contribution in [2.24, 2.45) is 17.6 Å². The highest BCUT2D eigenvalue weighted by molar-refractivity contribution is 5.97. The molecule has 0 fully saturated rings. The minimum Gasteiger partial charge on any atom is -0.472 e. The van der Waals surface area contributed by atoms with E-state index in [2.05, 4.69) is 0 Å². The highest BCUT2D eigenvalue weighted by Gasteiger charge is 2.22. The van der Waals surface area contributed by atoms with Crippen LogP contribution in [0.2, 0.25) is 0 Å². The van der Waals surface area contributed by atoms with Crippen LogP contribution in [0.5, 0.6) is 0 Å². The van der Waals surface area contributed by atoms with Crippen molar-refractivity contribution in [2.75, 3.05) is 6.54 Å². The molecule has 13 heavy (non-hydrogen) atoms. The van der Waals surface area contributed by atoms with Crippen LogP contribution in [0.4, 0.5) is 0 Å². The molecular weight excluding hydrogens is 166 g/mol. The second-order valence-electron chi connectivity index (χ2n) is 3.46. The summed E-state index contributed by atoms with van der Waals surface area (Å²) >= 11 is 0. The van der Waals surface area contributed by atoms with Gasteiger partial charge in [-0.25, -0.2) is 0 Å². The van der Waals surface area contributed by atoms with Crippen molar-refractivity contribution in [2.45, 2.75) is 13.8 Å². The molecule has 0 aliphatic carbocycles. The molecule has 1 aromatic rings. The monoisotopic (exact) mass is 181 g/mol. The van der Waals surface area contributed by atoms with Crippen LogP contribution < -0.4 is 5.73 Å². The standard InChI is InChI=1S/C10H15NO2/c1-7(2)9(5-11)10(12)8-3-4-13-6-8/h3-4,6-7,9H,5,11H2,1-2H3. The Labute approximate surface area is 77.9 Å². The maximum absolute atomic E-state index is 11.7. The number of Topliss-reactive ketones (excluding diaryl/α,β-unsaturated/α-hetero) is 1. The van der Waals surface area contributed by atoms with Gasteiger partial charge < -0.3 is 10.2 Å². The quantitative estimate of drug-likeness (QED) is 0.719. The summed E-state index contributed by atoms with van der Waals surface area (Å²) in [5.74, 6) is 0.247. The van der Waals surface area contributed by atoms with Crippen LogP contribution in [0.1, 0.15) is 24.2 Å². The van der Waals surface area contributed by atoms with Crippen molar-refractivity contribution in [3.8, 4) is 0 Å². The minimum atomic E-state index is -0.0994. The zero-order valence-corrected chi connectivity index (χ0v) is 7.99. The predicted octanol–water partition coefficient (Wildman–Crippen LogP) is 1.69. The van der Waals surface area contributed by atoms with E-state index in [-0.39, 0.29) is 17.6 Å². The van der Waals surface area contributed by atoms with Crippen LogP contribution in [0, 0.1) is 11.8 Å². The Morgan fingerprint density at radius 1 is 1.62 bits per heavy atom. The molecule has 3 heteroatoms. The number of hydrogen-bond donors (Lipinski definition) is 1. The Morgan fingerprint density at radius 2 is 2.31 bits per heavy atom. The van der Waals surface area contributed by atoms with E-state index in [1.807, 2.05) is 13.8 Å². The third-order valence-electron chi connectivity index (χ3n) is 2.20. The summed E-state index contributed by atoms with van der Waals surface area (Å²) in [5, 5.41) is 0. The van der Waals surface area contributed by atoms with Crippen LogP contribution in [0.25, 0.3) is 0 Å². The maximum Gasteiger partial charge on any atom is 0.170 e. The smallest absolute Gasteiger partial charge is 0.170 e. The summed E-state index contributed by atoms with van der Waals surface area (Å²) in [5.41, 5.74) is 6.14. The summed E-state index contributed by atoms with van der Waals surface area (Å²) in [4.78, 5) is 11.7. The summed E-state index contributed by atoms with van der Waals surface area (Å²) in [7, 11) is 0. The molecule has 0 radical (unpaired) electrons. The van der Waals surface area contributed by atoms with E-state index in [9.17, 15) is 4.79 Å². The van der Waals surface area contributed by atoms with Gasteiger partial charge in [-0.15, -0.1) is 0 Å². The fourth-order valence-electron chi connectivity index (χ4n) is 1.30. The molecule has 1 rings (SSSR count). The Morgan fingerprint density at radius 3 is 2.69 bits per heavy atom. The summed E-state index contributed by atoms with van der Waals surface area (Å²) in [6.07, 6.45) is 2.97. The van der Waals surface area contributed by atoms with Crippen LogP contribution in [-0.4, -0.2) is 12.3 Å². The van der Waals surface area contributed by atoms with Gasteiger partial charge >= 0.3 is 0 Å². The largest absolute Gasteiger partial charge is 0.472 e. The van der Waals surface area contributed by atoms with Crippen molar-refractivity contribution >= 4 is 5.78 Å². The van der Waals surface area contributed by atoms with Crippen molar-refractivity contribution < 1.29 is 9.21 Å². The molecule has 0 aromatic carbocycles. The number of carbonyl (C=O) groups is 1. The first-order valence-corrected chi connectivity index (χ1v) is 4.43.